The number of aromatic nitrogens is 4. The second-order valence-corrected chi connectivity index (χ2v) is 8.37. The van der Waals surface area contributed by atoms with E-state index in [-0.39, 0.29) is 11.9 Å². The molecule has 3 heterocycles. The summed E-state index contributed by atoms with van der Waals surface area (Å²) in [6, 6.07) is 12.1. The lowest BCUT2D eigenvalue weighted by molar-refractivity contribution is 0.0955. The van der Waals surface area contributed by atoms with Crippen LogP contribution in [0.2, 0.25) is 5.02 Å². The van der Waals surface area contributed by atoms with E-state index < -0.39 is 0 Å². The summed E-state index contributed by atoms with van der Waals surface area (Å²) in [5.41, 5.74) is 1.91. The zero-order valence-corrected chi connectivity index (χ0v) is 17.9. The van der Waals surface area contributed by atoms with Gasteiger partial charge in [0.15, 0.2) is 0 Å². The van der Waals surface area contributed by atoms with Crippen molar-refractivity contribution in [3.63, 3.8) is 0 Å². The van der Waals surface area contributed by atoms with E-state index in [2.05, 4.69) is 22.4 Å². The Hall–Kier alpha value is -2.64. The first kappa shape index (κ1) is 19.7. The molecule has 0 aliphatic heterocycles. The van der Waals surface area contributed by atoms with Crippen LogP contribution in [-0.2, 0) is 0 Å². The summed E-state index contributed by atoms with van der Waals surface area (Å²) in [4.78, 5) is 14.4. The van der Waals surface area contributed by atoms with E-state index in [1.807, 2.05) is 58.9 Å². The largest absolute Gasteiger partial charge is 0.351 e. The van der Waals surface area contributed by atoms with Crippen molar-refractivity contribution >= 4 is 39.1 Å². The molecule has 6 nitrogen and oxygen atoms in total. The molecule has 0 aliphatic carbocycles. The number of benzene rings is 1. The molecule has 0 unspecified atom stereocenters. The number of amides is 1. The Balaban J connectivity index is 1.46. The van der Waals surface area contributed by atoms with Gasteiger partial charge in [0.2, 0.25) is 0 Å². The molecule has 0 bridgehead atoms. The number of para-hydroxylation sites is 1. The molecular formula is C21H22ClN5OS. The van der Waals surface area contributed by atoms with E-state index in [1.54, 1.807) is 6.20 Å². The SMILES string of the molecule is CC[C@@H](CCNC(=O)c1cc2c(C)nn(-c3ccccc3)c2s1)n1cc(Cl)cn1. The molecule has 0 radical (unpaired) electrons. The fraction of sp³-hybridized carbons (Fsp3) is 0.286. The quantitative estimate of drug-likeness (QED) is 0.450. The van der Waals surface area contributed by atoms with E-state index >= 15 is 0 Å². The lowest BCUT2D eigenvalue weighted by atomic mass is 10.1. The van der Waals surface area contributed by atoms with Gasteiger partial charge < -0.3 is 5.32 Å². The van der Waals surface area contributed by atoms with Gasteiger partial charge in [0.1, 0.15) is 4.83 Å². The number of halogens is 1. The van der Waals surface area contributed by atoms with E-state index in [0.717, 1.165) is 34.4 Å². The van der Waals surface area contributed by atoms with E-state index in [9.17, 15) is 4.79 Å². The maximum atomic E-state index is 12.7. The number of thiophene rings is 1. The van der Waals surface area contributed by atoms with Gasteiger partial charge in [-0.2, -0.15) is 10.2 Å². The van der Waals surface area contributed by atoms with Crippen LogP contribution in [0.4, 0.5) is 0 Å². The normalized spacial score (nSPS) is 12.4. The smallest absolute Gasteiger partial charge is 0.261 e. The monoisotopic (exact) mass is 427 g/mol. The van der Waals surface area contributed by atoms with Crippen LogP contribution in [-0.4, -0.2) is 32.0 Å². The predicted octanol–water partition coefficient (Wildman–Crippen LogP) is 5.02. The lowest BCUT2D eigenvalue weighted by Gasteiger charge is -2.15. The Morgan fingerprint density at radius 1 is 1.31 bits per heavy atom. The van der Waals surface area contributed by atoms with Crippen LogP contribution in [0.3, 0.4) is 0 Å². The Bertz CT molecular complexity index is 1130. The molecule has 0 spiro atoms. The number of carbonyl (C=O) groups is 1. The number of fused-ring (bicyclic) bond motifs is 1. The third-order valence-electron chi connectivity index (χ3n) is 4.95. The highest BCUT2D eigenvalue weighted by Crippen LogP contribution is 2.30. The second-order valence-electron chi connectivity index (χ2n) is 6.91. The van der Waals surface area contributed by atoms with E-state index in [1.165, 1.54) is 11.3 Å². The molecule has 0 aliphatic rings. The van der Waals surface area contributed by atoms with Crippen molar-refractivity contribution in [1.29, 1.82) is 0 Å². The van der Waals surface area contributed by atoms with Gasteiger partial charge in [-0.3, -0.25) is 9.48 Å². The maximum absolute atomic E-state index is 12.7. The standard InChI is InChI=1S/C21H22ClN5OS/c1-3-16(26-13-15(22)12-24-26)9-10-23-20(28)19-11-18-14(2)25-27(21(18)29-19)17-7-5-4-6-8-17/h4-8,11-13,16H,3,9-10H2,1-2H3,(H,23,28)/t16-/m0/s1. The number of aryl methyl sites for hydroxylation is 1. The van der Waals surface area contributed by atoms with Crippen LogP contribution in [0.1, 0.15) is 41.2 Å². The zero-order chi connectivity index (χ0) is 20.4. The number of hydrogen-bond donors (Lipinski definition) is 1. The van der Waals surface area contributed by atoms with Gasteiger partial charge in [0.25, 0.3) is 5.91 Å². The Morgan fingerprint density at radius 2 is 2.10 bits per heavy atom. The molecule has 150 valence electrons. The number of rotatable bonds is 7. The summed E-state index contributed by atoms with van der Waals surface area (Å²) in [5.74, 6) is -0.0569. The first-order valence-corrected chi connectivity index (χ1v) is 10.8. The van der Waals surface area contributed by atoms with Crippen LogP contribution in [0.25, 0.3) is 15.9 Å². The third-order valence-corrected chi connectivity index (χ3v) is 6.25. The molecule has 1 N–H and O–H groups in total. The molecule has 8 heteroatoms. The fourth-order valence-electron chi connectivity index (χ4n) is 3.38. The molecule has 29 heavy (non-hydrogen) atoms. The van der Waals surface area contributed by atoms with Crippen LogP contribution in [0, 0.1) is 6.92 Å². The number of carbonyl (C=O) groups excluding carboxylic acids is 1. The Labute approximate surface area is 178 Å². The van der Waals surface area contributed by atoms with E-state index in [4.69, 9.17) is 11.6 Å². The first-order valence-electron chi connectivity index (χ1n) is 9.59. The number of hydrogen-bond acceptors (Lipinski definition) is 4. The van der Waals surface area contributed by atoms with Gasteiger partial charge in [0.05, 0.1) is 33.5 Å². The van der Waals surface area contributed by atoms with Crippen molar-refractivity contribution in [1.82, 2.24) is 24.9 Å². The van der Waals surface area contributed by atoms with E-state index in [0.29, 0.717) is 16.4 Å². The van der Waals surface area contributed by atoms with Gasteiger partial charge >= 0.3 is 0 Å². The van der Waals surface area contributed by atoms with Crippen molar-refractivity contribution in [2.75, 3.05) is 6.54 Å². The van der Waals surface area contributed by atoms with Gasteiger partial charge in [0, 0.05) is 18.1 Å². The van der Waals surface area contributed by atoms with Crippen LogP contribution < -0.4 is 5.32 Å². The minimum absolute atomic E-state index is 0.0569. The molecule has 0 saturated heterocycles. The number of nitrogens with zero attached hydrogens (tertiary/aromatic N) is 4. The molecule has 4 aromatic rings. The summed E-state index contributed by atoms with van der Waals surface area (Å²) < 4.78 is 3.77. The summed E-state index contributed by atoms with van der Waals surface area (Å²) >= 11 is 7.43. The van der Waals surface area contributed by atoms with Crippen LogP contribution in [0.5, 0.6) is 0 Å². The summed E-state index contributed by atoms with van der Waals surface area (Å²) in [5, 5.41) is 13.6. The first-order chi connectivity index (χ1) is 14.1. The van der Waals surface area contributed by atoms with Crippen molar-refractivity contribution in [3.8, 4) is 5.69 Å². The summed E-state index contributed by atoms with van der Waals surface area (Å²) in [6.07, 6.45) is 5.17. The fourth-order valence-corrected chi connectivity index (χ4v) is 4.62. The minimum Gasteiger partial charge on any atom is -0.351 e. The summed E-state index contributed by atoms with van der Waals surface area (Å²) in [7, 11) is 0. The van der Waals surface area contributed by atoms with Gasteiger partial charge in [-0.1, -0.05) is 36.7 Å². The Kier molecular flexibility index (Phi) is 5.69. The molecule has 4 rings (SSSR count). The average molecular weight is 428 g/mol. The molecule has 0 saturated carbocycles. The van der Waals surface area contributed by atoms with Crippen molar-refractivity contribution in [2.24, 2.45) is 0 Å². The average Bonchev–Trinajstić information content (AvgIpc) is 3.43. The molecule has 0 fully saturated rings. The van der Waals surface area contributed by atoms with Gasteiger partial charge in [-0.15, -0.1) is 11.3 Å². The predicted molar refractivity (Wildman–Crippen MR) is 117 cm³/mol. The maximum Gasteiger partial charge on any atom is 0.261 e. The molecule has 1 atom stereocenters. The topological polar surface area (TPSA) is 64.7 Å². The van der Waals surface area contributed by atoms with Crippen molar-refractivity contribution in [3.05, 3.63) is 64.4 Å². The highest BCUT2D eigenvalue weighted by atomic mass is 35.5. The molecule has 1 aromatic carbocycles. The minimum atomic E-state index is -0.0569. The molecule has 1 amide bonds. The van der Waals surface area contributed by atoms with Crippen molar-refractivity contribution < 1.29 is 4.79 Å². The number of nitrogens with one attached hydrogen (secondary N) is 1. The lowest BCUT2D eigenvalue weighted by Crippen LogP contribution is -2.26. The zero-order valence-electron chi connectivity index (χ0n) is 16.3. The summed E-state index contributed by atoms with van der Waals surface area (Å²) in [6.45, 7) is 4.65. The van der Waals surface area contributed by atoms with Crippen LogP contribution in [0.15, 0.2) is 48.8 Å². The Morgan fingerprint density at radius 3 is 2.79 bits per heavy atom. The van der Waals surface area contributed by atoms with Crippen molar-refractivity contribution in [2.45, 2.75) is 32.7 Å². The highest BCUT2D eigenvalue weighted by molar-refractivity contribution is 7.20. The van der Waals surface area contributed by atoms with Gasteiger partial charge in [-0.05, 0) is 38.0 Å². The second kappa shape index (κ2) is 8.39. The van der Waals surface area contributed by atoms with Crippen LogP contribution >= 0.6 is 22.9 Å². The molecule has 3 aromatic heterocycles. The van der Waals surface area contributed by atoms with Gasteiger partial charge in [-0.25, -0.2) is 4.68 Å². The third kappa shape index (κ3) is 4.06. The highest BCUT2D eigenvalue weighted by Gasteiger charge is 2.17. The molecular weight excluding hydrogens is 406 g/mol.